The fourth-order valence-corrected chi connectivity index (χ4v) is 7.15. The van der Waals surface area contributed by atoms with Gasteiger partial charge in [0.25, 0.3) is 5.91 Å². The van der Waals surface area contributed by atoms with Crippen LogP contribution in [-0.4, -0.2) is 89.1 Å². The number of carbonyl (C=O) groups is 1. The standard InChI is InChI=1S/C32H33F2N7O2/c1-18(33)31(42)41-11-10-40(16-22(41)14-35-2)30-25-15-36-28(23-8-4-6-19-12-20-13-24(20)26(19)23)27(34)29(25)37-32(38-30)43-17-21-7-5-9-39(21)3/h4,6,8,15,20-22,24H,1,5,7,9-14,16-17H2,3H3/t20-,21+,22+,24+/m1/s1. The molecule has 1 saturated carbocycles. The van der Waals surface area contributed by atoms with Crippen LogP contribution in [0.15, 0.2) is 36.8 Å². The Balaban J connectivity index is 1.29. The number of nitrogens with zero attached hydrogens (tertiary/aromatic N) is 7. The van der Waals surface area contributed by atoms with Crippen LogP contribution in [0.3, 0.4) is 0 Å². The first-order valence-corrected chi connectivity index (χ1v) is 14.9. The molecule has 2 aliphatic carbocycles. The summed E-state index contributed by atoms with van der Waals surface area (Å²) in [6, 6.07) is 5.71. The van der Waals surface area contributed by atoms with Gasteiger partial charge in [-0.25, -0.2) is 15.4 Å². The lowest BCUT2D eigenvalue weighted by Crippen LogP contribution is -2.56. The molecule has 1 amide bonds. The van der Waals surface area contributed by atoms with Crippen LogP contribution < -0.4 is 9.64 Å². The molecule has 0 bridgehead atoms. The molecule has 2 aromatic heterocycles. The van der Waals surface area contributed by atoms with E-state index in [2.05, 4.69) is 39.4 Å². The number of benzene rings is 1. The third-order valence-corrected chi connectivity index (χ3v) is 9.52. The fraction of sp³-hybridized carbons (Fsp3) is 0.469. The van der Waals surface area contributed by atoms with Gasteiger partial charge in [-0.1, -0.05) is 24.8 Å². The SMILES string of the molecule is [C-]#[N+]C[C@H]1CN(c2nc(OC[C@@H]3CCCN3C)nc3c(F)c(-c4cccc5c4[C@H]4C[C@H]4C5)ncc23)CCN1C(=O)C(=C)F. The number of amides is 1. The highest BCUT2D eigenvalue weighted by atomic mass is 19.1. The van der Waals surface area contributed by atoms with E-state index in [1.165, 1.54) is 16.0 Å². The molecular formula is C32H33F2N7O2. The highest BCUT2D eigenvalue weighted by Gasteiger charge is 2.46. The van der Waals surface area contributed by atoms with Crippen LogP contribution in [0.5, 0.6) is 6.01 Å². The Morgan fingerprint density at radius 3 is 2.86 bits per heavy atom. The van der Waals surface area contributed by atoms with Gasteiger partial charge < -0.3 is 24.3 Å². The van der Waals surface area contributed by atoms with E-state index in [0.29, 0.717) is 36.2 Å². The summed E-state index contributed by atoms with van der Waals surface area (Å²) in [5.41, 5.74) is 3.66. The van der Waals surface area contributed by atoms with Gasteiger partial charge in [0.1, 0.15) is 29.7 Å². The van der Waals surface area contributed by atoms with Gasteiger partial charge >= 0.3 is 6.01 Å². The van der Waals surface area contributed by atoms with Crippen LogP contribution >= 0.6 is 0 Å². The average molecular weight is 586 g/mol. The lowest BCUT2D eigenvalue weighted by Gasteiger charge is -2.39. The number of rotatable bonds is 7. The summed E-state index contributed by atoms with van der Waals surface area (Å²) in [5, 5.41) is 0.416. The number of anilines is 1. The van der Waals surface area contributed by atoms with Gasteiger partial charge in [-0.15, -0.1) is 0 Å². The molecule has 9 nitrogen and oxygen atoms in total. The first kappa shape index (κ1) is 27.7. The highest BCUT2D eigenvalue weighted by molar-refractivity contribution is 5.93. The molecule has 0 unspecified atom stereocenters. The van der Waals surface area contributed by atoms with Gasteiger partial charge in [0.15, 0.2) is 11.6 Å². The van der Waals surface area contributed by atoms with Gasteiger partial charge in [-0.05, 0) is 62.2 Å². The summed E-state index contributed by atoms with van der Waals surface area (Å²) in [7, 11) is 2.05. The number of hydrogen-bond acceptors (Lipinski definition) is 7. The van der Waals surface area contributed by atoms with E-state index < -0.39 is 23.6 Å². The number of fused-ring (bicyclic) bond motifs is 4. The van der Waals surface area contributed by atoms with Crippen LogP contribution in [0.4, 0.5) is 14.6 Å². The number of hydrogen-bond donors (Lipinski definition) is 0. The minimum Gasteiger partial charge on any atom is -0.462 e. The molecule has 1 aromatic carbocycles. The van der Waals surface area contributed by atoms with Crippen LogP contribution in [0, 0.1) is 18.3 Å². The van der Waals surface area contributed by atoms with E-state index in [1.807, 2.05) is 17.0 Å². The van der Waals surface area contributed by atoms with E-state index in [0.717, 1.165) is 37.8 Å². The first-order chi connectivity index (χ1) is 20.8. The molecule has 0 spiro atoms. The van der Waals surface area contributed by atoms with Crippen LogP contribution in [-0.2, 0) is 11.2 Å². The molecule has 3 fully saturated rings. The van der Waals surface area contributed by atoms with Gasteiger partial charge in [0, 0.05) is 37.4 Å². The Morgan fingerprint density at radius 1 is 1.23 bits per heavy atom. The van der Waals surface area contributed by atoms with Crippen molar-refractivity contribution in [2.75, 3.05) is 51.3 Å². The van der Waals surface area contributed by atoms with Crippen molar-refractivity contribution >= 4 is 22.6 Å². The lowest BCUT2D eigenvalue weighted by atomic mass is 9.96. The van der Waals surface area contributed by atoms with Crippen LogP contribution in [0.25, 0.3) is 27.0 Å². The van der Waals surface area contributed by atoms with E-state index in [9.17, 15) is 9.18 Å². The average Bonchev–Trinajstić information content (AvgIpc) is 3.48. The van der Waals surface area contributed by atoms with E-state index >= 15 is 4.39 Å². The summed E-state index contributed by atoms with van der Waals surface area (Å²) in [6.07, 6.45) is 5.85. The summed E-state index contributed by atoms with van der Waals surface area (Å²) < 4.78 is 36.5. The third kappa shape index (κ3) is 4.87. The molecule has 2 aliphatic heterocycles. The van der Waals surface area contributed by atoms with E-state index in [1.54, 1.807) is 6.20 Å². The Hall–Kier alpha value is -4.17. The monoisotopic (exact) mass is 585 g/mol. The van der Waals surface area contributed by atoms with Crippen molar-refractivity contribution in [1.29, 1.82) is 0 Å². The van der Waals surface area contributed by atoms with Crippen molar-refractivity contribution < 1.29 is 18.3 Å². The zero-order chi connectivity index (χ0) is 29.8. The molecule has 4 atom stereocenters. The van der Waals surface area contributed by atoms with Crippen molar-refractivity contribution in [3.63, 3.8) is 0 Å². The Morgan fingerprint density at radius 2 is 2.09 bits per heavy atom. The molecule has 2 saturated heterocycles. The van der Waals surface area contributed by atoms with Crippen molar-refractivity contribution in [3.05, 3.63) is 65.2 Å². The number of halogens is 2. The summed E-state index contributed by atoms with van der Waals surface area (Å²) in [5.74, 6) is -0.888. The lowest BCUT2D eigenvalue weighted by molar-refractivity contribution is -0.131. The zero-order valence-electron chi connectivity index (χ0n) is 24.1. The molecule has 11 heteroatoms. The first-order valence-electron chi connectivity index (χ1n) is 14.9. The number of ether oxygens (including phenoxy) is 1. The van der Waals surface area contributed by atoms with E-state index in [4.69, 9.17) is 16.3 Å². The molecule has 43 heavy (non-hydrogen) atoms. The molecular weight excluding hydrogens is 552 g/mol. The molecule has 0 N–H and O–H groups in total. The molecule has 3 aromatic rings. The predicted molar refractivity (Wildman–Crippen MR) is 158 cm³/mol. The number of carbonyl (C=O) groups excluding carboxylic acids is 1. The minimum atomic E-state index is -1.06. The van der Waals surface area contributed by atoms with Crippen molar-refractivity contribution in [2.45, 2.75) is 43.7 Å². The predicted octanol–water partition coefficient (Wildman–Crippen LogP) is 4.38. The zero-order valence-corrected chi connectivity index (χ0v) is 24.1. The maximum absolute atomic E-state index is 16.6. The van der Waals surface area contributed by atoms with Gasteiger partial charge in [-0.2, -0.15) is 9.97 Å². The van der Waals surface area contributed by atoms with Crippen molar-refractivity contribution in [2.24, 2.45) is 5.92 Å². The fourth-order valence-electron chi connectivity index (χ4n) is 7.15. The molecule has 4 aliphatic rings. The second kappa shape index (κ2) is 10.8. The quantitative estimate of drug-likeness (QED) is 0.301. The number of aromatic nitrogens is 3. The third-order valence-electron chi connectivity index (χ3n) is 9.52. The van der Waals surface area contributed by atoms with Crippen molar-refractivity contribution in [1.82, 2.24) is 24.8 Å². The Labute approximate surface area is 249 Å². The van der Waals surface area contributed by atoms with E-state index in [-0.39, 0.29) is 42.9 Å². The smallest absolute Gasteiger partial charge is 0.319 e. The molecule has 0 radical (unpaired) electrons. The second-order valence-electron chi connectivity index (χ2n) is 12.1. The molecule has 4 heterocycles. The minimum absolute atomic E-state index is 0.0199. The number of likely N-dealkylation sites (N-methyl/N-ethyl adjacent to an activating group) is 1. The maximum Gasteiger partial charge on any atom is 0.319 e. The van der Waals surface area contributed by atoms with Gasteiger partial charge in [-0.3, -0.25) is 9.78 Å². The number of pyridine rings is 1. The maximum atomic E-state index is 16.6. The topological polar surface area (TPSA) is 79.1 Å². The number of likely N-dealkylation sites (tertiary alicyclic amines) is 1. The van der Waals surface area contributed by atoms with Gasteiger partial charge in [0.05, 0.1) is 5.39 Å². The van der Waals surface area contributed by atoms with Crippen molar-refractivity contribution in [3.8, 4) is 17.3 Å². The normalized spacial score (nSPS) is 24.5. The highest BCUT2D eigenvalue weighted by Crippen LogP contribution is 2.58. The summed E-state index contributed by atoms with van der Waals surface area (Å²) in [6.45, 7) is 12.6. The number of piperazine rings is 1. The van der Waals surface area contributed by atoms with Crippen LogP contribution in [0.1, 0.15) is 36.3 Å². The Kier molecular flexibility index (Phi) is 6.96. The van der Waals surface area contributed by atoms with Crippen LogP contribution in [0.2, 0.25) is 0 Å². The van der Waals surface area contributed by atoms with Gasteiger partial charge in [0.2, 0.25) is 6.54 Å². The second-order valence-corrected chi connectivity index (χ2v) is 12.1. The Bertz CT molecular complexity index is 1670. The molecule has 222 valence electrons. The largest absolute Gasteiger partial charge is 0.462 e. The molecule has 7 rings (SSSR count). The summed E-state index contributed by atoms with van der Waals surface area (Å²) >= 11 is 0. The summed E-state index contributed by atoms with van der Waals surface area (Å²) in [4.78, 5) is 35.3.